The number of para-hydroxylation sites is 1. The molecule has 0 saturated carbocycles. The van der Waals surface area contributed by atoms with Gasteiger partial charge in [-0.05, 0) is 19.1 Å². The van der Waals surface area contributed by atoms with Gasteiger partial charge in [0.1, 0.15) is 6.54 Å². The lowest BCUT2D eigenvalue weighted by molar-refractivity contribution is -0.146. The second kappa shape index (κ2) is 7.74. The SMILES string of the molecule is Cc1csc(=O)n1CC(=O)OCc1nc(N)nc(Nc2ccccc2)n1. The molecule has 0 atom stereocenters. The Kier molecular flexibility index (Phi) is 5.23. The van der Waals surface area contributed by atoms with Crippen LogP contribution in [-0.4, -0.2) is 25.5 Å². The summed E-state index contributed by atoms with van der Waals surface area (Å²) in [6.07, 6.45) is 0. The monoisotopic (exact) mass is 372 g/mol. The molecule has 3 N–H and O–H groups in total. The van der Waals surface area contributed by atoms with Gasteiger partial charge in [-0.3, -0.25) is 14.2 Å². The molecular weight excluding hydrogens is 356 g/mol. The summed E-state index contributed by atoms with van der Waals surface area (Å²) in [4.78, 5) is 35.5. The number of aryl methyl sites for hydroxylation is 1. The minimum Gasteiger partial charge on any atom is -0.456 e. The zero-order valence-electron chi connectivity index (χ0n) is 13.9. The molecule has 10 heteroatoms. The molecule has 0 bridgehead atoms. The maximum atomic E-state index is 12.0. The van der Waals surface area contributed by atoms with E-state index in [2.05, 4.69) is 20.3 Å². The number of nitrogens with one attached hydrogen (secondary N) is 1. The summed E-state index contributed by atoms with van der Waals surface area (Å²) in [6.45, 7) is 1.41. The van der Waals surface area contributed by atoms with Crippen molar-refractivity contribution >= 4 is 34.9 Å². The fraction of sp³-hybridized carbons (Fsp3) is 0.188. The number of esters is 1. The molecule has 134 valence electrons. The second-order valence-corrected chi connectivity index (χ2v) is 6.13. The first-order valence-corrected chi connectivity index (χ1v) is 8.52. The molecule has 0 unspecified atom stereocenters. The van der Waals surface area contributed by atoms with Crippen LogP contribution in [0.4, 0.5) is 17.6 Å². The quantitative estimate of drug-likeness (QED) is 0.623. The van der Waals surface area contributed by atoms with E-state index >= 15 is 0 Å². The first kappa shape index (κ1) is 17.5. The lowest BCUT2D eigenvalue weighted by atomic mass is 10.3. The van der Waals surface area contributed by atoms with Gasteiger partial charge in [-0.1, -0.05) is 29.5 Å². The minimum absolute atomic E-state index is 0.00868. The number of nitrogen functional groups attached to an aromatic ring is 1. The summed E-state index contributed by atoms with van der Waals surface area (Å²) in [6, 6.07) is 9.31. The number of rotatable bonds is 6. The average molecular weight is 372 g/mol. The van der Waals surface area contributed by atoms with Crippen LogP contribution in [0.5, 0.6) is 0 Å². The zero-order valence-corrected chi connectivity index (χ0v) is 14.7. The highest BCUT2D eigenvalue weighted by molar-refractivity contribution is 7.07. The van der Waals surface area contributed by atoms with Crippen LogP contribution in [0.1, 0.15) is 11.5 Å². The lowest BCUT2D eigenvalue weighted by Crippen LogP contribution is -2.22. The maximum absolute atomic E-state index is 12.0. The molecule has 0 aliphatic heterocycles. The molecular formula is C16H16N6O3S. The van der Waals surface area contributed by atoms with Crippen LogP contribution in [0.15, 0.2) is 40.5 Å². The van der Waals surface area contributed by atoms with Gasteiger partial charge < -0.3 is 15.8 Å². The third kappa shape index (κ3) is 4.42. The van der Waals surface area contributed by atoms with Gasteiger partial charge in [-0.15, -0.1) is 0 Å². The van der Waals surface area contributed by atoms with E-state index in [-0.39, 0.29) is 35.7 Å². The number of thiazole rings is 1. The van der Waals surface area contributed by atoms with Gasteiger partial charge in [0.25, 0.3) is 0 Å². The number of hydrogen-bond acceptors (Lipinski definition) is 9. The minimum atomic E-state index is -0.565. The molecule has 0 amide bonds. The van der Waals surface area contributed by atoms with Crippen molar-refractivity contribution in [2.45, 2.75) is 20.1 Å². The summed E-state index contributed by atoms with van der Waals surface area (Å²) in [5.74, 6) is -0.0992. The number of ether oxygens (including phenoxy) is 1. The van der Waals surface area contributed by atoms with E-state index in [4.69, 9.17) is 10.5 Å². The number of aromatic nitrogens is 4. The van der Waals surface area contributed by atoms with Gasteiger partial charge in [0, 0.05) is 16.8 Å². The third-order valence-corrected chi connectivity index (χ3v) is 4.24. The van der Waals surface area contributed by atoms with E-state index < -0.39 is 5.97 Å². The first-order valence-electron chi connectivity index (χ1n) is 7.64. The number of hydrogen-bond donors (Lipinski definition) is 2. The van der Waals surface area contributed by atoms with Crippen molar-refractivity contribution in [2.75, 3.05) is 11.1 Å². The predicted octanol–water partition coefficient (Wildman–Crippen LogP) is 1.47. The van der Waals surface area contributed by atoms with Gasteiger partial charge in [-0.2, -0.15) is 15.0 Å². The molecule has 0 aliphatic carbocycles. The van der Waals surface area contributed by atoms with E-state index in [0.717, 1.165) is 17.0 Å². The van der Waals surface area contributed by atoms with Gasteiger partial charge in [-0.25, -0.2) is 0 Å². The van der Waals surface area contributed by atoms with Crippen molar-refractivity contribution in [3.63, 3.8) is 0 Å². The third-order valence-electron chi connectivity index (χ3n) is 3.35. The normalized spacial score (nSPS) is 10.5. The Labute approximate surface area is 152 Å². The lowest BCUT2D eigenvalue weighted by Gasteiger charge is -2.08. The highest BCUT2D eigenvalue weighted by Gasteiger charge is 2.12. The molecule has 0 spiro atoms. The molecule has 0 radical (unpaired) electrons. The van der Waals surface area contributed by atoms with Gasteiger partial charge in [0.05, 0.1) is 0 Å². The predicted molar refractivity (Wildman–Crippen MR) is 97.1 cm³/mol. The van der Waals surface area contributed by atoms with Crippen LogP contribution in [0.3, 0.4) is 0 Å². The van der Waals surface area contributed by atoms with Crippen molar-refractivity contribution in [3.8, 4) is 0 Å². The fourth-order valence-electron chi connectivity index (χ4n) is 2.12. The molecule has 3 aromatic rings. The molecule has 0 fully saturated rings. The van der Waals surface area contributed by atoms with Crippen LogP contribution in [0.25, 0.3) is 0 Å². The van der Waals surface area contributed by atoms with Crippen LogP contribution in [0, 0.1) is 6.92 Å². The van der Waals surface area contributed by atoms with Crippen molar-refractivity contribution in [1.82, 2.24) is 19.5 Å². The number of benzene rings is 1. The van der Waals surface area contributed by atoms with Crippen molar-refractivity contribution in [3.05, 3.63) is 56.9 Å². The largest absolute Gasteiger partial charge is 0.456 e. The summed E-state index contributed by atoms with van der Waals surface area (Å²) in [7, 11) is 0. The van der Waals surface area contributed by atoms with E-state index in [0.29, 0.717) is 5.69 Å². The molecule has 0 aliphatic rings. The number of anilines is 3. The average Bonchev–Trinajstić information content (AvgIpc) is 2.92. The number of carbonyl (C=O) groups is 1. The van der Waals surface area contributed by atoms with Crippen molar-refractivity contribution < 1.29 is 9.53 Å². The van der Waals surface area contributed by atoms with Gasteiger partial charge in [0.15, 0.2) is 12.4 Å². The molecule has 26 heavy (non-hydrogen) atoms. The molecule has 0 saturated heterocycles. The fourth-order valence-corrected chi connectivity index (χ4v) is 2.86. The second-order valence-electron chi connectivity index (χ2n) is 5.31. The maximum Gasteiger partial charge on any atom is 0.326 e. The summed E-state index contributed by atoms with van der Waals surface area (Å²) < 4.78 is 6.49. The van der Waals surface area contributed by atoms with Gasteiger partial charge in [0.2, 0.25) is 11.9 Å². The van der Waals surface area contributed by atoms with Crippen molar-refractivity contribution in [1.29, 1.82) is 0 Å². The Bertz CT molecular complexity index is 970. The Morgan fingerprint density at radius 3 is 2.73 bits per heavy atom. The highest BCUT2D eigenvalue weighted by Crippen LogP contribution is 2.13. The van der Waals surface area contributed by atoms with Crippen LogP contribution in [-0.2, 0) is 22.7 Å². The Hall–Kier alpha value is -3.27. The summed E-state index contributed by atoms with van der Waals surface area (Å²) in [5.41, 5.74) is 7.17. The Morgan fingerprint density at radius 1 is 1.27 bits per heavy atom. The van der Waals surface area contributed by atoms with Crippen molar-refractivity contribution in [2.24, 2.45) is 0 Å². The van der Waals surface area contributed by atoms with Crippen LogP contribution < -0.4 is 15.9 Å². The van der Waals surface area contributed by atoms with E-state index in [1.807, 2.05) is 30.3 Å². The molecule has 1 aromatic carbocycles. The summed E-state index contributed by atoms with van der Waals surface area (Å²) >= 11 is 1.03. The molecule has 2 aromatic heterocycles. The standard InChI is InChI=1S/C16H16N6O3S/c1-10-9-26-16(24)22(10)7-13(23)25-8-12-19-14(17)21-15(20-12)18-11-5-3-2-4-6-11/h2-6,9H,7-8H2,1H3,(H3,17,18,19,20,21). The summed E-state index contributed by atoms with van der Waals surface area (Å²) in [5, 5.41) is 4.68. The van der Waals surface area contributed by atoms with E-state index in [1.165, 1.54) is 4.57 Å². The van der Waals surface area contributed by atoms with Gasteiger partial charge >= 0.3 is 10.8 Å². The number of carbonyl (C=O) groups excluding carboxylic acids is 1. The van der Waals surface area contributed by atoms with E-state index in [1.54, 1.807) is 12.3 Å². The molecule has 2 heterocycles. The topological polar surface area (TPSA) is 125 Å². The highest BCUT2D eigenvalue weighted by atomic mass is 32.1. The molecule has 3 rings (SSSR count). The first-order chi connectivity index (χ1) is 12.5. The Balaban J connectivity index is 1.64. The number of nitrogens with two attached hydrogens (primary N) is 1. The zero-order chi connectivity index (χ0) is 18.5. The molecule has 9 nitrogen and oxygen atoms in total. The smallest absolute Gasteiger partial charge is 0.326 e. The Morgan fingerprint density at radius 2 is 2.04 bits per heavy atom. The number of nitrogens with zero attached hydrogens (tertiary/aromatic N) is 4. The van der Waals surface area contributed by atoms with Crippen LogP contribution >= 0.6 is 11.3 Å². The van der Waals surface area contributed by atoms with Crippen LogP contribution in [0.2, 0.25) is 0 Å². The van der Waals surface area contributed by atoms with E-state index in [9.17, 15) is 9.59 Å².